The maximum atomic E-state index is 11.1. The van der Waals surface area contributed by atoms with E-state index >= 15 is 0 Å². The molecule has 0 aromatic rings. The van der Waals surface area contributed by atoms with Crippen LogP contribution in [0.15, 0.2) is 12.7 Å². The zero-order valence-corrected chi connectivity index (χ0v) is 10.7. The van der Waals surface area contributed by atoms with Gasteiger partial charge in [-0.05, 0) is 12.3 Å². The van der Waals surface area contributed by atoms with Gasteiger partial charge in [0.2, 0.25) is 0 Å². The lowest BCUT2D eigenvalue weighted by atomic mass is 10.1. The van der Waals surface area contributed by atoms with E-state index < -0.39 is 11.9 Å². The number of esters is 2. The van der Waals surface area contributed by atoms with Crippen LogP contribution >= 0.6 is 0 Å². The topological polar surface area (TPSA) is 52.6 Å². The molecule has 0 aliphatic carbocycles. The average molecular weight is 242 g/mol. The molecule has 0 aromatic heterocycles. The highest BCUT2D eigenvalue weighted by molar-refractivity contribution is 5.83. The summed E-state index contributed by atoms with van der Waals surface area (Å²) in [7, 11) is 0. The fourth-order valence-corrected chi connectivity index (χ4v) is 1.25. The Morgan fingerprint density at radius 1 is 1.18 bits per heavy atom. The van der Waals surface area contributed by atoms with E-state index in [2.05, 4.69) is 25.2 Å². The van der Waals surface area contributed by atoms with Gasteiger partial charge in [-0.2, -0.15) is 0 Å². The molecule has 0 saturated carbocycles. The van der Waals surface area contributed by atoms with Crippen molar-refractivity contribution in [2.24, 2.45) is 5.92 Å². The minimum atomic E-state index is -0.612. The van der Waals surface area contributed by atoms with Crippen LogP contribution < -0.4 is 0 Å². The van der Waals surface area contributed by atoms with Crippen LogP contribution in [0.4, 0.5) is 0 Å². The molecule has 98 valence electrons. The lowest BCUT2D eigenvalue weighted by molar-refractivity contribution is -0.156. The van der Waals surface area contributed by atoms with E-state index in [1.165, 1.54) is 6.42 Å². The zero-order chi connectivity index (χ0) is 13.1. The Morgan fingerprint density at radius 2 is 1.88 bits per heavy atom. The van der Waals surface area contributed by atoms with Crippen molar-refractivity contribution in [2.75, 3.05) is 13.2 Å². The van der Waals surface area contributed by atoms with Crippen molar-refractivity contribution in [2.45, 2.75) is 39.5 Å². The summed E-state index contributed by atoms with van der Waals surface area (Å²) < 4.78 is 9.42. The summed E-state index contributed by atoms with van der Waals surface area (Å²) in [5, 5.41) is 0. The van der Waals surface area contributed by atoms with Gasteiger partial charge < -0.3 is 9.47 Å². The van der Waals surface area contributed by atoms with Crippen LogP contribution in [0.1, 0.15) is 39.5 Å². The van der Waals surface area contributed by atoms with E-state index in [0.717, 1.165) is 31.3 Å². The Morgan fingerprint density at radius 3 is 2.47 bits per heavy atom. The number of hydrogen-bond acceptors (Lipinski definition) is 4. The van der Waals surface area contributed by atoms with Crippen molar-refractivity contribution in [3.8, 4) is 0 Å². The molecule has 0 bridgehead atoms. The normalized spacial score (nSPS) is 10.1. The second kappa shape index (κ2) is 9.87. The van der Waals surface area contributed by atoms with Crippen LogP contribution in [0.5, 0.6) is 0 Å². The Kier molecular flexibility index (Phi) is 9.11. The third-order valence-electron chi connectivity index (χ3n) is 2.19. The molecule has 0 aliphatic heterocycles. The van der Waals surface area contributed by atoms with Gasteiger partial charge in [0, 0.05) is 6.08 Å². The first-order valence-electron chi connectivity index (χ1n) is 6.01. The molecule has 0 rings (SSSR count). The smallest absolute Gasteiger partial charge is 0.344 e. The number of ether oxygens (including phenoxy) is 2. The van der Waals surface area contributed by atoms with Crippen LogP contribution in [0, 0.1) is 5.92 Å². The summed E-state index contributed by atoms with van der Waals surface area (Å²) in [5.74, 6) is -0.404. The number of carbonyl (C=O) groups excluding carboxylic acids is 2. The Labute approximate surface area is 103 Å². The molecule has 0 radical (unpaired) electrons. The first-order valence-corrected chi connectivity index (χ1v) is 6.01. The largest absolute Gasteiger partial charge is 0.463 e. The third-order valence-corrected chi connectivity index (χ3v) is 2.19. The summed E-state index contributed by atoms with van der Waals surface area (Å²) in [5.41, 5.74) is 0. The molecule has 17 heavy (non-hydrogen) atoms. The van der Waals surface area contributed by atoms with E-state index in [-0.39, 0.29) is 6.61 Å². The van der Waals surface area contributed by atoms with Gasteiger partial charge in [0.1, 0.15) is 0 Å². The molecule has 0 amide bonds. The highest BCUT2D eigenvalue weighted by atomic mass is 16.6. The predicted molar refractivity (Wildman–Crippen MR) is 65.4 cm³/mol. The van der Waals surface area contributed by atoms with Gasteiger partial charge in [-0.3, -0.25) is 0 Å². The Hall–Kier alpha value is -1.32. The molecule has 0 spiro atoms. The van der Waals surface area contributed by atoms with Gasteiger partial charge >= 0.3 is 11.9 Å². The minimum absolute atomic E-state index is 0.336. The maximum Gasteiger partial charge on any atom is 0.344 e. The van der Waals surface area contributed by atoms with Crippen LogP contribution in [0.3, 0.4) is 0 Å². The monoisotopic (exact) mass is 242 g/mol. The number of unbranched alkanes of at least 4 members (excludes halogenated alkanes) is 2. The number of hydrogen-bond donors (Lipinski definition) is 0. The molecule has 0 unspecified atom stereocenters. The lowest BCUT2D eigenvalue weighted by Gasteiger charge is -2.06. The van der Waals surface area contributed by atoms with E-state index in [1.807, 2.05) is 0 Å². The van der Waals surface area contributed by atoms with Gasteiger partial charge in [0.15, 0.2) is 6.61 Å². The van der Waals surface area contributed by atoms with Crippen molar-refractivity contribution in [1.82, 2.24) is 0 Å². The van der Waals surface area contributed by atoms with Gasteiger partial charge in [0.05, 0.1) is 6.61 Å². The van der Waals surface area contributed by atoms with Gasteiger partial charge in [0.25, 0.3) is 0 Å². The highest BCUT2D eigenvalue weighted by Gasteiger charge is 2.05. The van der Waals surface area contributed by atoms with Crippen LogP contribution in [0.2, 0.25) is 0 Å². The number of carbonyl (C=O) groups is 2. The van der Waals surface area contributed by atoms with Crippen LogP contribution in [-0.2, 0) is 19.1 Å². The SMILES string of the molecule is C=CC(=O)OCC(=O)OCCCCCC(C)C. The highest BCUT2D eigenvalue weighted by Crippen LogP contribution is 2.07. The second-order valence-electron chi connectivity index (χ2n) is 4.28. The molecule has 0 fully saturated rings. The standard InChI is InChI=1S/C13H22O4/c1-4-12(14)17-10-13(15)16-9-7-5-6-8-11(2)3/h4,11H,1,5-10H2,2-3H3. The van der Waals surface area contributed by atoms with Crippen molar-refractivity contribution in [3.63, 3.8) is 0 Å². The molecule has 4 nitrogen and oxygen atoms in total. The molecule has 0 heterocycles. The molecular formula is C13H22O4. The summed E-state index contributed by atoms with van der Waals surface area (Å²) in [6.07, 6.45) is 5.27. The average Bonchev–Trinajstić information content (AvgIpc) is 2.30. The lowest BCUT2D eigenvalue weighted by Crippen LogP contribution is -2.15. The molecule has 0 saturated heterocycles. The van der Waals surface area contributed by atoms with E-state index in [4.69, 9.17) is 4.74 Å². The predicted octanol–water partition coefficient (Wildman–Crippen LogP) is 2.48. The fourth-order valence-electron chi connectivity index (χ4n) is 1.25. The quantitative estimate of drug-likeness (QED) is 0.354. The Balaban J connectivity index is 3.33. The molecule has 0 aromatic carbocycles. The van der Waals surface area contributed by atoms with Gasteiger partial charge in [-0.15, -0.1) is 0 Å². The first-order chi connectivity index (χ1) is 8.06. The van der Waals surface area contributed by atoms with Crippen molar-refractivity contribution in [3.05, 3.63) is 12.7 Å². The summed E-state index contributed by atoms with van der Waals surface area (Å²) in [6, 6.07) is 0. The molecule has 0 aliphatic rings. The van der Waals surface area contributed by atoms with Gasteiger partial charge in [-0.25, -0.2) is 9.59 Å². The molecule has 0 atom stereocenters. The molecular weight excluding hydrogens is 220 g/mol. The van der Waals surface area contributed by atoms with E-state index in [1.54, 1.807) is 0 Å². The number of rotatable bonds is 9. The summed E-state index contributed by atoms with van der Waals surface area (Å²) in [4.78, 5) is 21.7. The second-order valence-corrected chi connectivity index (χ2v) is 4.28. The van der Waals surface area contributed by atoms with E-state index in [0.29, 0.717) is 6.61 Å². The van der Waals surface area contributed by atoms with Crippen molar-refractivity contribution >= 4 is 11.9 Å². The zero-order valence-electron chi connectivity index (χ0n) is 10.7. The minimum Gasteiger partial charge on any atom is -0.463 e. The molecule has 0 N–H and O–H groups in total. The van der Waals surface area contributed by atoms with E-state index in [9.17, 15) is 9.59 Å². The molecule has 4 heteroatoms. The van der Waals surface area contributed by atoms with Crippen molar-refractivity contribution < 1.29 is 19.1 Å². The summed E-state index contributed by atoms with van der Waals surface area (Å²) >= 11 is 0. The van der Waals surface area contributed by atoms with Crippen molar-refractivity contribution in [1.29, 1.82) is 0 Å². The first kappa shape index (κ1) is 15.7. The summed E-state index contributed by atoms with van der Waals surface area (Å²) in [6.45, 7) is 7.65. The Bertz CT molecular complexity index is 246. The third kappa shape index (κ3) is 11.0. The maximum absolute atomic E-state index is 11.1. The van der Waals surface area contributed by atoms with Gasteiger partial charge in [-0.1, -0.05) is 39.7 Å². The van der Waals surface area contributed by atoms with Crippen LogP contribution in [-0.4, -0.2) is 25.2 Å². The van der Waals surface area contributed by atoms with Crippen LogP contribution in [0.25, 0.3) is 0 Å². The fraction of sp³-hybridized carbons (Fsp3) is 0.692.